The summed E-state index contributed by atoms with van der Waals surface area (Å²) < 4.78 is 0. The van der Waals surface area contributed by atoms with Gasteiger partial charge in [0.25, 0.3) is 0 Å². The van der Waals surface area contributed by atoms with E-state index in [9.17, 15) is 4.79 Å². The largest absolute Gasteiger partial charge is 0.515 e. The van der Waals surface area contributed by atoms with Crippen LogP contribution in [0.3, 0.4) is 0 Å². The van der Waals surface area contributed by atoms with E-state index in [-0.39, 0.29) is 5.78 Å². The third-order valence-corrected chi connectivity index (χ3v) is 2.77. The molecule has 1 saturated carbocycles. The highest BCUT2D eigenvalue weighted by atomic mass is 16.2. The van der Waals surface area contributed by atoms with Crippen molar-refractivity contribution in [1.29, 1.82) is 0 Å². The van der Waals surface area contributed by atoms with Crippen molar-refractivity contribution >= 4 is 11.9 Å². The van der Waals surface area contributed by atoms with Gasteiger partial charge < -0.3 is 5.11 Å². The molecule has 0 aromatic heterocycles. The fourth-order valence-electron chi connectivity index (χ4n) is 1.91. The molecule has 1 aliphatic rings. The van der Waals surface area contributed by atoms with E-state index < -0.39 is 0 Å². The van der Waals surface area contributed by atoms with Crippen molar-refractivity contribution in [2.24, 2.45) is 0 Å². The second kappa shape index (κ2) is 4.79. The zero-order valence-electron chi connectivity index (χ0n) is 9.02. The van der Waals surface area contributed by atoms with Crippen LogP contribution in [-0.4, -0.2) is 10.9 Å². The summed E-state index contributed by atoms with van der Waals surface area (Å²) in [7, 11) is 0. The van der Waals surface area contributed by atoms with Crippen molar-refractivity contribution in [2.45, 2.75) is 19.3 Å². The first-order chi connectivity index (χ1) is 7.81. The third kappa shape index (κ3) is 2.22. The van der Waals surface area contributed by atoms with Gasteiger partial charge in [0.15, 0.2) is 5.78 Å². The van der Waals surface area contributed by atoms with Crippen molar-refractivity contribution in [2.75, 3.05) is 0 Å². The highest BCUT2D eigenvalue weighted by Crippen LogP contribution is 2.25. The summed E-state index contributed by atoms with van der Waals surface area (Å²) in [6.07, 6.45) is 5.26. The first-order valence-electron chi connectivity index (χ1n) is 5.45. The number of benzene rings is 1. The predicted octanol–water partition coefficient (Wildman–Crippen LogP) is 3.26. The molecule has 1 aliphatic carbocycles. The fraction of sp³-hybridized carbons (Fsp3) is 0.214. The van der Waals surface area contributed by atoms with Crippen LogP contribution in [0.25, 0.3) is 6.08 Å². The van der Waals surface area contributed by atoms with Crippen LogP contribution in [0.15, 0.2) is 47.7 Å². The standard InChI is InChI=1S/C14H14O2/c15-10-13-8-4-7-12(14(13)16)9-11-5-2-1-3-6-11/h1-3,5-6,9-10,15H,4,7-8H2/b12-9-,13-10+. The van der Waals surface area contributed by atoms with Gasteiger partial charge in [-0.15, -0.1) is 0 Å². The molecule has 1 aromatic carbocycles. The van der Waals surface area contributed by atoms with Gasteiger partial charge >= 0.3 is 0 Å². The predicted molar refractivity (Wildman–Crippen MR) is 64.0 cm³/mol. The quantitative estimate of drug-likeness (QED) is 0.575. The van der Waals surface area contributed by atoms with Crippen molar-refractivity contribution in [1.82, 2.24) is 0 Å². The second-order valence-electron chi connectivity index (χ2n) is 3.92. The van der Waals surface area contributed by atoms with Crippen LogP contribution in [-0.2, 0) is 4.79 Å². The van der Waals surface area contributed by atoms with E-state index in [2.05, 4.69) is 0 Å². The molecule has 0 unspecified atom stereocenters. The summed E-state index contributed by atoms with van der Waals surface area (Å²) in [5, 5.41) is 8.94. The molecule has 0 amide bonds. The van der Waals surface area contributed by atoms with Crippen LogP contribution in [0, 0.1) is 0 Å². The Morgan fingerprint density at radius 1 is 1.06 bits per heavy atom. The molecule has 0 saturated heterocycles. The van der Waals surface area contributed by atoms with E-state index in [0.29, 0.717) is 12.0 Å². The number of aliphatic hydroxyl groups excluding tert-OH is 1. The average molecular weight is 214 g/mol. The molecular formula is C14H14O2. The van der Waals surface area contributed by atoms with Crippen LogP contribution in [0.4, 0.5) is 0 Å². The molecule has 0 atom stereocenters. The van der Waals surface area contributed by atoms with Gasteiger partial charge in [0, 0.05) is 11.1 Å². The summed E-state index contributed by atoms with van der Waals surface area (Å²) in [5.41, 5.74) is 2.34. The van der Waals surface area contributed by atoms with Crippen LogP contribution in [0.1, 0.15) is 24.8 Å². The van der Waals surface area contributed by atoms with E-state index in [1.54, 1.807) is 0 Å². The SMILES string of the molecule is O=C1/C(=C\c2ccccc2)CCC/C1=C\O. The minimum Gasteiger partial charge on any atom is -0.515 e. The smallest absolute Gasteiger partial charge is 0.188 e. The van der Waals surface area contributed by atoms with Gasteiger partial charge in [0.2, 0.25) is 0 Å². The molecule has 82 valence electrons. The van der Waals surface area contributed by atoms with E-state index in [4.69, 9.17) is 5.11 Å². The van der Waals surface area contributed by atoms with Crippen molar-refractivity contribution in [3.8, 4) is 0 Å². The maximum atomic E-state index is 11.9. The first kappa shape index (κ1) is 10.7. The zero-order chi connectivity index (χ0) is 11.4. The van der Waals surface area contributed by atoms with Crippen molar-refractivity contribution in [3.05, 3.63) is 53.3 Å². The van der Waals surface area contributed by atoms with Crippen LogP contribution < -0.4 is 0 Å². The van der Waals surface area contributed by atoms with Gasteiger partial charge in [0.1, 0.15) is 0 Å². The third-order valence-electron chi connectivity index (χ3n) is 2.77. The number of carbonyl (C=O) groups is 1. The van der Waals surface area contributed by atoms with Crippen molar-refractivity contribution in [3.63, 3.8) is 0 Å². The number of aliphatic hydroxyl groups is 1. The maximum Gasteiger partial charge on any atom is 0.188 e. The molecule has 2 nitrogen and oxygen atoms in total. The number of allylic oxidation sites excluding steroid dienone is 2. The number of hydrogen-bond acceptors (Lipinski definition) is 2. The Morgan fingerprint density at radius 2 is 1.75 bits per heavy atom. The lowest BCUT2D eigenvalue weighted by Crippen LogP contribution is -2.12. The molecule has 2 heteroatoms. The Hall–Kier alpha value is -1.83. The number of Topliss-reactive ketones (excluding diaryl/α,β-unsaturated/α-hetero) is 1. The van der Waals surface area contributed by atoms with Gasteiger partial charge in [0.05, 0.1) is 6.26 Å². The summed E-state index contributed by atoms with van der Waals surface area (Å²) in [5.74, 6) is -0.0161. The number of rotatable bonds is 1. The van der Waals surface area contributed by atoms with Gasteiger partial charge in [-0.1, -0.05) is 30.3 Å². The molecule has 1 aromatic rings. The van der Waals surface area contributed by atoms with Gasteiger partial charge in [-0.3, -0.25) is 4.79 Å². The van der Waals surface area contributed by atoms with E-state index >= 15 is 0 Å². The Balaban J connectivity index is 2.27. The van der Waals surface area contributed by atoms with E-state index in [1.165, 1.54) is 0 Å². The Morgan fingerprint density at radius 3 is 2.44 bits per heavy atom. The zero-order valence-corrected chi connectivity index (χ0v) is 9.02. The Kier molecular flexibility index (Phi) is 3.20. The molecule has 2 rings (SSSR count). The first-order valence-corrected chi connectivity index (χ1v) is 5.45. The molecule has 1 N–H and O–H groups in total. The molecule has 0 aliphatic heterocycles. The highest BCUT2D eigenvalue weighted by Gasteiger charge is 2.20. The lowest BCUT2D eigenvalue weighted by molar-refractivity contribution is -0.113. The Labute approximate surface area is 94.9 Å². The van der Waals surface area contributed by atoms with Crippen LogP contribution in [0.5, 0.6) is 0 Å². The molecule has 0 spiro atoms. The number of hydrogen-bond donors (Lipinski definition) is 1. The van der Waals surface area contributed by atoms with E-state index in [0.717, 1.165) is 30.2 Å². The van der Waals surface area contributed by atoms with E-state index in [1.807, 2.05) is 36.4 Å². The minimum atomic E-state index is -0.0161. The fourth-order valence-corrected chi connectivity index (χ4v) is 1.91. The molecule has 0 heterocycles. The Bertz CT molecular complexity index is 441. The normalized spacial score (nSPS) is 21.6. The number of carbonyl (C=O) groups excluding carboxylic acids is 1. The maximum absolute atomic E-state index is 11.9. The summed E-state index contributed by atoms with van der Waals surface area (Å²) in [4.78, 5) is 11.9. The monoisotopic (exact) mass is 214 g/mol. The summed E-state index contributed by atoms with van der Waals surface area (Å²) >= 11 is 0. The van der Waals surface area contributed by atoms with Gasteiger partial charge in [-0.05, 0) is 30.9 Å². The number of ketones is 1. The lowest BCUT2D eigenvalue weighted by atomic mass is 9.88. The minimum absolute atomic E-state index is 0.0161. The average Bonchev–Trinajstić information content (AvgIpc) is 2.33. The van der Waals surface area contributed by atoms with Crippen LogP contribution >= 0.6 is 0 Å². The lowest BCUT2D eigenvalue weighted by Gasteiger charge is -2.15. The van der Waals surface area contributed by atoms with Crippen LogP contribution in [0.2, 0.25) is 0 Å². The summed E-state index contributed by atoms with van der Waals surface area (Å²) in [6, 6.07) is 9.78. The summed E-state index contributed by atoms with van der Waals surface area (Å²) in [6.45, 7) is 0. The van der Waals surface area contributed by atoms with Gasteiger partial charge in [-0.2, -0.15) is 0 Å². The molecule has 16 heavy (non-hydrogen) atoms. The second-order valence-corrected chi connectivity index (χ2v) is 3.92. The van der Waals surface area contributed by atoms with Crippen molar-refractivity contribution < 1.29 is 9.90 Å². The molecular weight excluding hydrogens is 200 g/mol. The molecule has 0 radical (unpaired) electrons. The molecule has 1 fully saturated rings. The molecule has 0 bridgehead atoms. The topological polar surface area (TPSA) is 37.3 Å². The van der Waals surface area contributed by atoms with Gasteiger partial charge in [-0.25, -0.2) is 0 Å². The highest BCUT2D eigenvalue weighted by molar-refractivity contribution is 6.11.